The van der Waals surface area contributed by atoms with Gasteiger partial charge in [-0.15, -0.1) is 0 Å². The van der Waals surface area contributed by atoms with Crippen LogP contribution in [0.5, 0.6) is 0 Å². The minimum atomic E-state index is -4.37. The summed E-state index contributed by atoms with van der Waals surface area (Å²) in [5.41, 5.74) is 5.09. The first kappa shape index (κ1) is 16.7. The fourth-order valence-corrected chi connectivity index (χ4v) is 2.11. The van der Waals surface area contributed by atoms with Crippen molar-refractivity contribution < 1.29 is 18.0 Å². The van der Waals surface area contributed by atoms with E-state index in [-0.39, 0.29) is 5.78 Å². The average molecular weight is 287 g/mol. The molecule has 0 amide bonds. The van der Waals surface area contributed by atoms with Gasteiger partial charge < -0.3 is 5.73 Å². The number of carbonyl (C=O) groups excluding carboxylic acids is 1. The number of rotatable bonds is 7. The zero-order valence-corrected chi connectivity index (χ0v) is 11.5. The summed E-state index contributed by atoms with van der Waals surface area (Å²) in [5, 5.41) is 0. The summed E-state index contributed by atoms with van der Waals surface area (Å²) >= 11 is 0. The quantitative estimate of drug-likeness (QED) is 0.769. The summed E-state index contributed by atoms with van der Waals surface area (Å²) in [4.78, 5) is 11.9. The molecule has 0 aliphatic heterocycles. The fraction of sp³-hybridized carbons (Fsp3) is 0.533. The van der Waals surface area contributed by atoms with Gasteiger partial charge in [-0.1, -0.05) is 25.5 Å². The Labute approximate surface area is 117 Å². The van der Waals surface area contributed by atoms with E-state index in [4.69, 9.17) is 5.73 Å². The normalized spacial score (nSPS) is 13.2. The Bertz CT molecular complexity index is 426. The minimum Gasteiger partial charge on any atom is -0.330 e. The van der Waals surface area contributed by atoms with E-state index < -0.39 is 11.7 Å². The van der Waals surface area contributed by atoms with E-state index in [9.17, 15) is 18.0 Å². The Hall–Kier alpha value is -1.36. The lowest BCUT2D eigenvalue weighted by molar-refractivity contribution is -0.137. The number of ketones is 1. The van der Waals surface area contributed by atoms with Gasteiger partial charge >= 0.3 is 6.18 Å². The van der Waals surface area contributed by atoms with Crippen LogP contribution in [0.3, 0.4) is 0 Å². The molecule has 0 fully saturated rings. The molecule has 112 valence electrons. The van der Waals surface area contributed by atoms with Crippen LogP contribution in [0.1, 0.15) is 48.5 Å². The summed E-state index contributed by atoms with van der Waals surface area (Å²) < 4.78 is 37.2. The molecule has 2 nitrogen and oxygen atoms in total. The van der Waals surface area contributed by atoms with Crippen molar-refractivity contribution in [1.82, 2.24) is 0 Å². The van der Waals surface area contributed by atoms with Gasteiger partial charge in [-0.2, -0.15) is 13.2 Å². The second-order valence-electron chi connectivity index (χ2n) is 4.89. The number of halogens is 3. The fourth-order valence-electron chi connectivity index (χ4n) is 2.11. The van der Waals surface area contributed by atoms with Crippen molar-refractivity contribution in [1.29, 1.82) is 0 Å². The Morgan fingerprint density at radius 1 is 1.20 bits per heavy atom. The highest BCUT2D eigenvalue weighted by molar-refractivity contribution is 5.96. The van der Waals surface area contributed by atoms with Gasteiger partial charge in [0.15, 0.2) is 5.78 Å². The highest BCUT2D eigenvalue weighted by Gasteiger charge is 2.30. The number of hydrogen-bond donors (Lipinski definition) is 1. The average Bonchev–Trinajstić information content (AvgIpc) is 2.42. The maximum Gasteiger partial charge on any atom is 0.416 e. The van der Waals surface area contributed by atoms with Crippen molar-refractivity contribution in [3.63, 3.8) is 0 Å². The first-order chi connectivity index (χ1) is 9.38. The number of Topliss-reactive ketones (excluding diaryl/α,β-unsaturated/α-hetero) is 1. The summed E-state index contributed by atoms with van der Waals surface area (Å²) in [5.74, 6) is 0.285. The molecule has 1 atom stereocenters. The zero-order valence-electron chi connectivity index (χ0n) is 11.5. The molecule has 1 unspecified atom stereocenters. The molecule has 1 aromatic rings. The molecule has 0 radical (unpaired) electrons. The predicted octanol–water partition coefficient (Wildman–Crippen LogP) is 4.04. The van der Waals surface area contributed by atoms with Crippen LogP contribution in [-0.4, -0.2) is 12.3 Å². The van der Waals surface area contributed by atoms with Crippen molar-refractivity contribution in [2.24, 2.45) is 11.7 Å². The van der Waals surface area contributed by atoms with E-state index in [1.165, 1.54) is 12.1 Å². The first-order valence-corrected chi connectivity index (χ1v) is 6.79. The Morgan fingerprint density at radius 2 is 1.80 bits per heavy atom. The van der Waals surface area contributed by atoms with Gasteiger partial charge in [0.2, 0.25) is 0 Å². The number of hydrogen-bond acceptors (Lipinski definition) is 2. The second kappa shape index (κ2) is 7.43. The lowest BCUT2D eigenvalue weighted by atomic mass is 9.94. The van der Waals surface area contributed by atoms with Crippen LogP contribution in [0, 0.1) is 5.92 Å². The van der Waals surface area contributed by atoms with E-state index in [1.54, 1.807) is 0 Å². The number of nitrogens with two attached hydrogens (primary N) is 1. The largest absolute Gasteiger partial charge is 0.416 e. The van der Waals surface area contributed by atoms with E-state index in [0.717, 1.165) is 31.4 Å². The molecule has 1 rings (SSSR count). The van der Waals surface area contributed by atoms with E-state index in [1.807, 2.05) is 6.92 Å². The summed E-state index contributed by atoms with van der Waals surface area (Å²) in [6.45, 7) is 2.63. The van der Waals surface area contributed by atoms with Crippen LogP contribution < -0.4 is 5.73 Å². The van der Waals surface area contributed by atoms with Gasteiger partial charge in [0.25, 0.3) is 0 Å². The molecule has 0 aromatic heterocycles. The molecule has 0 saturated heterocycles. The molecule has 1 aromatic carbocycles. The third-order valence-corrected chi connectivity index (χ3v) is 3.47. The Morgan fingerprint density at radius 3 is 2.25 bits per heavy atom. The molecule has 5 heteroatoms. The predicted molar refractivity (Wildman–Crippen MR) is 72.5 cm³/mol. The van der Waals surface area contributed by atoms with Crippen molar-refractivity contribution in [3.8, 4) is 0 Å². The third kappa shape index (κ3) is 4.96. The number of carbonyl (C=O) groups is 1. The molecular weight excluding hydrogens is 267 g/mol. The topological polar surface area (TPSA) is 43.1 Å². The molecular formula is C15H20F3NO. The van der Waals surface area contributed by atoms with Gasteiger partial charge in [-0.3, -0.25) is 4.79 Å². The van der Waals surface area contributed by atoms with Crippen LogP contribution in [-0.2, 0) is 6.18 Å². The Kier molecular flexibility index (Phi) is 6.20. The lowest BCUT2D eigenvalue weighted by Crippen LogP contribution is -2.10. The van der Waals surface area contributed by atoms with Crippen molar-refractivity contribution >= 4 is 5.78 Å². The summed E-state index contributed by atoms with van der Waals surface area (Å²) in [6, 6.07) is 4.39. The smallest absolute Gasteiger partial charge is 0.330 e. The molecule has 0 saturated carbocycles. The number of benzene rings is 1. The van der Waals surface area contributed by atoms with Gasteiger partial charge in [0.1, 0.15) is 0 Å². The van der Waals surface area contributed by atoms with Gasteiger partial charge in [-0.05, 0) is 37.4 Å². The lowest BCUT2D eigenvalue weighted by Gasteiger charge is -2.13. The molecule has 0 aliphatic rings. The molecule has 0 aliphatic carbocycles. The summed E-state index contributed by atoms with van der Waals surface area (Å²) in [6.07, 6.45) is -1.46. The standard InChI is InChI=1S/C15H20F3NO/c1-2-11(9-10-19)3-8-14(20)12-4-6-13(7-5-12)15(16,17)18/h4-7,11H,2-3,8-10,19H2,1H3. The van der Waals surface area contributed by atoms with Crippen LogP contribution >= 0.6 is 0 Å². The highest BCUT2D eigenvalue weighted by Crippen LogP contribution is 2.29. The van der Waals surface area contributed by atoms with Crippen LogP contribution in [0.2, 0.25) is 0 Å². The molecule has 2 N–H and O–H groups in total. The maximum absolute atomic E-state index is 12.4. The van der Waals surface area contributed by atoms with Crippen molar-refractivity contribution in [2.45, 2.75) is 38.8 Å². The van der Waals surface area contributed by atoms with Crippen molar-refractivity contribution in [3.05, 3.63) is 35.4 Å². The van der Waals surface area contributed by atoms with Gasteiger partial charge in [-0.25, -0.2) is 0 Å². The van der Waals surface area contributed by atoms with Crippen molar-refractivity contribution in [2.75, 3.05) is 6.54 Å². The molecule has 20 heavy (non-hydrogen) atoms. The molecule has 0 heterocycles. The van der Waals surface area contributed by atoms with Gasteiger partial charge in [0, 0.05) is 12.0 Å². The van der Waals surface area contributed by atoms with E-state index >= 15 is 0 Å². The SMILES string of the molecule is CCC(CCN)CCC(=O)c1ccc(C(F)(F)F)cc1. The Balaban J connectivity index is 2.60. The monoisotopic (exact) mass is 287 g/mol. The van der Waals surface area contributed by atoms with Crippen LogP contribution in [0.4, 0.5) is 13.2 Å². The highest BCUT2D eigenvalue weighted by atomic mass is 19.4. The minimum absolute atomic E-state index is 0.116. The molecule has 0 bridgehead atoms. The maximum atomic E-state index is 12.4. The van der Waals surface area contributed by atoms with Gasteiger partial charge in [0.05, 0.1) is 5.56 Å². The van der Waals surface area contributed by atoms with Crippen LogP contribution in [0.25, 0.3) is 0 Å². The summed E-state index contributed by atoms with van der Waals surface area (Å²) in [7, 11) is 0. The van der Waals surface area contributed by atoms with E-state index in [0.29, 0.717) is 24.4 Å². The van der Waals surface area contributed by atoms with Crippen LogP contribution in [0.15, 0.2) is 24.3 Å². The number of alkyl halides is 3. The first-order valence-electron chi connectivity index (χ1n) is 6.79. The zero-order chi connectivity index (χ0) is 15.2. The molecule has 0 spiro atoms. The second-order valence-corrected chi connectivity index (χ2v) is 4.89. The van der Waals surface area contributed by atoms with E-state index in [2.05, 4.69) is 0 Å². The third-order valence-electron chi connectivity index (χ3n) is 3.47.